The van der Waals surface area contributed by atoms with Gasteiger partial charge in [-0.1, -0.05) is 12.1 Å². The van der Waals surface area contributed by atoms with Gasteiger partial charge in [-0.25, -0.2) is 20.0 Å². The minimum Gasteiger partial charge on any atom is -0.449 e. The highest BCUT2D eigenvalue weighted by molar-refractivity contribution is 5.86. The minimum atomic E-state index is -0.598. The van der Waals surface area contributed by atoms with Crippen LogP contribution in [0.1, 0.15) is 12.5 Å². The standard InChI is InChI=1S/C16H18FN3O2/c1-2-22-16(21)20(18)15-9-3-12(4-10-15)11-19-14-7-5-13(17)6-8-14/h3-10,19H,2,11,18H2,1H3. The first-order valence-corrected chi connectivity index (χ1v) is 6.90. The fraction of sp³-hybridized carbons (Fsp3) is 0.188. The second-order valence-corrected chi connectivity index (χ2v) is 4.60. The summed E-state index contributed by atoms with van der Waals surface area (Å²) in [5.74, 6) is 5.39. The quantitative estimate of drug-likeness (QED) is 0.505. The van der Waals surface area contributed by atoms with Gasteiger partial charge in [0.25, 0.3) is 0 Å². The van der Waals surface area contributed by atoms with Gasteiger partial charge in [-0.15, -0.1) is 0 Å². The number of nitrogens with one attached hydrogen (secondary N) is 1. The molecule has 116 valence electrons. The Hall–Kier alpha value is -2.60. The molecule has 1 amide bonds. The second kappa shape index (κ2) is 7.42. The van der Waals surface area contributed by atoms with Crippen LogP contribution in [0, 0.1) is 5.82 Å². The van der Waals surface area contributed by atoms with Gasteiger partial charge in [0.15, 0.2) is 0 Å². The van der Waals surface area contributed by atoms with Crippen LogP contribution in [0.15, 0.2) is 48.5 Å². The monoisotopic (exact) mass is 303 g/mol. The predicted octanol–water partition coefficient (Wildman–Crippen LogP) is 3.27. The van der Waals surface area contributed by atoms with Gasteiger partial charge < -0.3 is 10.1 Å². The van der Waals surface area contributed by atoms with Crippen molar-refractivity contribution in [2.45, 2.75) is 13.5 Å². The normalized spacial score (nSPS) is 10.1. The molecule has 0 aromatic heterocycles. The number of amides is 1. The molecule has 0 fully saturated rings. The average molecular weight is 303 g/mol. The molecule has 2 rings (SSSR count). The van der Waals surface area contributed by atoms with Crippen molar-refractivity contribution in [2.24, 2.45) is 5.84 Å². The molecule has 0 aliphatic carbocycles. The third-order valence-corrected chi connectivity index (χ3v) is 3.02. The number of halogens is 1. The van der Waals surface area contributed by atoms with Gasteiger partial charge in [-0.2, -0.15) is 0 Å². The van der Waals surface area contributed by atoms with Crippen LogP contribution in [0.5, 0.6) is 0 Å². The number of nitrogens with zero attached hydrogens (tertiary/aromatic N) is 1. The van der Waals surface area contributed by atoms with E-state index in [0.29, 0.717) is 12.2 Å². The number of hydrogen-bond acceptors (Lipinski definition) is 4. The molecule has 0 unspecified atom stereocenters. The lowest BCUT2D eigenvalue weighted by molar-refractivity contribution is 0.160. The van der Waals surface area contributed by atoms with E-state index in [9.17, 15) is 9.18 Å². The number of benzene rings is 2. The molecule has 2 aromatic carbocycles. The summed E-state index contributed by atoms with van der Waals surface area (Å²) in [7, 11) is 0. The minimum absolute atomic E-state index is 0.267. The fourth-order valence-electron chi connectivity index (χ4n) is 1.84. The summed E-state index contributed by atoms with van der Waals surface area (Å²) in [6.45, 7) is 2.57. The zero-order valence-corrected chi connectivity index (χ0v) is 12.3. The van der Waals surface area contributed by atoms with E-state index in [1.54, 1.807) is 31.2 Å². The van der Waals surface area contributed by atoms with Gasteiger partial charge in [0.1, 0.15) is 5.82 Å². The Morgan fingerprint density at radius 3 is 2.41 bits per heavy atom. The molecule has 3 N–H and O–H groups in total. The summed E-state index contributed by atoms with van der Waals surface area (Å²) in [6, 6.07) is 13.3. The zero-order valence-electron chi connectivity index (χ0n) is 12.3. The molecule has 0 saturated carbocycles. The first kappa shape index (κ1) is 15.8. The molecule has 0 atom stereocenters. The van der Waals surface area contributed by atoms with Crippen molar-refractivity contribution < 1.29 is 13.9 Å². The lowest BCUT2D eigenvalue weighted by Gasteiger charge is -2.16. The van der Waals surface area contributed by atoms with Crippen LogP contribution < -0.4 is 16.2 Å². The third kappa shape index (κ3) is 4.20. The Morgan fingerprint density at radius 1 is 1.18 bits per heavy atom. The number of rotatable bonds is 5. The highest BCUT2D eigenvalue weighted by Crippen LogP contribution is 2.15. The number of hydrogen-bond donors (Lipinski definition) is 2. The summed E-state index contributed by atoms with van der Waals surface area (Å²) in [4.78, 5) is 11.5. The van der Waals surface area contributed by atoms with Crippen LogP contribution in [-0.4, -0.2) is 12.7 Å². The summed E-state index contributed by atoms with van der Waals surface area (Å²) < 4.78 is 17.6. The summed E-state index contributed by atoms with van der Waals surface area (Å²) in [6.07, 6.45) is -0.598. The first-order chi connectivity index (χ1) is 10.6. The summed E-state index contributed by atoms with van der Waals surface area (Å²) in [5, 5.41) is 4.14. The van der Waals surface area contributed by atoms with Crippen LogP contribution in [0.25, 0.3) is 0 Å². The Kier molecular flexibility index (Phi) is 5.32. The van der Waals surface area contributed by atoms with E-state index in [-0.39, 0.29) is 12.4 Å². The molecular formula is C16H18FN3O2. The second-order valence-electron chi connectivity index (χ2n) is 4.60. The van der Waals surface area contributed by atoms with Crippen molar-refractivity contribution in [3.63, 3.8) is 0 Å². The van der Waals surface area contributed by atoms with Crippen molar-refractivity contribution >= 4 is 17.5 Å². The smallest absolute Gasteiger partial charge is 0.428 e. The van der Waals surface area contributed by atoms with Gasteiger partial charge in [0, 0.05) is 12.2 Å². The Morgan fingerprint density at radius 2 is 1.82 bits per heavy atom. The van der Waals surface area contributed by atoms with Crippen molar-refractivity contribution in [3.05, 3.63) is 59.9 Å². The van der Waals surface area contributed by atoms with Crippen molar-refractivity contribution in [1.29, 1.82) is 0 Å². The van der Waals surface area contributed by atoms with Gasteiger partial charge in [-0.3, -0.25) is 0 Å². The van der Waals surface area contributed by atoms with Gasteiger partial charge in [0.2, 0.25) is 0 Å². The van der Waals surface area contributed by atoms with Crippen LogP contribution >= 0.6 is 0 Å². The van der Waals surface area contributed by atoms with Gasteiger partial charge in [0.05, 0.1) is 12.3 Å². The molecular weight excluding hydrogens is 285 g/mol. The Bertz CT molecular complexity index is 614. The maximum Gasteiger partial charge on any atom is 0.428 e. The number of hydrazine groups is 1. The molecule has 5 nitrogen and oxygen atoms in total. The molecule has 6 heteroatoms. The molecule has 22 heavy (non-hydrogen) atoms. The first-order valence-electron chi connectivity index (χ1n) is 6.90. The van der Waals surface area contributed by atoms with E-state index in [2.05, 4.69) is 5.32 Å². The van der Waals surface area contributed by atoms with Crippen molar-refractivity contribution in [1.82, 2.24) is 0 Å². The predicted molar refractivity (Wildman–Crippen MR) is 83.9 cm³/mol. The van der Waals surface area contributed by atoms with E-state index in [4.69, 9.17) is 10.6 Å². The number of anilines is 2. The molecule has 0 radical (unpaired) electrons. The van der Waals surface area contributed by atoms with Crippen LogP contribution in [0.4, 0.5) is 20.6 Å². The molecule has 0 spiro atoms. The van der Waals surface area contributed by atoms with E-state index in [1.165, 1.54) is 12.1 Å². The van der Waals surface area contributed by atoms with E-state index < -0.39 is 6.09 Å². The topological polar surface area (TPSA) is 67.6 Å². The van der Waals surface area contributed by atoms with Crippen molar-refractivity contribution in [3.8, 4) is 0 Å². The Balaban J connectivity index is 1.94. The number of ether oxygens (including phenoxy) is 1. The molecule has 0 aliphatic rings. The lowest BCUT2D eigenvalue weighted by Crippen LogP contribution is -2.37. The molecule has 0 bridgehead atoms. The molecule has 0 aliphatic heterocycles. The number of carbonyl (C=O) groups excluding carboxylic acids is 1. The number of carbonyl (C=O) groups is 1. The fourth-order valence-corrected chi connectivity index (χ4v) is 1.84. The summed E-state index contributed by atoms with van der Waals surface area (Å²) >= 11 is 0. The van der Waals surface area contributed by atoms with E-state index >= 15 is 0 Å². The third-order valence-electron chi connectivity index (χ3n) is 3.02. The lowest BCUT2D eigenvalue weighted by atomic mass is 10.2. The van der Waals surface area contributed by atoms with Gasteiger partial charge in [-0.05, 0) is 48.9 Å². The Labute approximate surface area is 128 Å². The highest BCUT2D eigenvalue weighted by Gasteiger charge is 2.11. The van der Waals surface area contributed by atoms with Crippen molar-refractivity contribution in [2.75, 3.05) is 16.9 Å². The number of nitrogens with two attached hydrogens (primary N) is 1. The zero-order chi connectivity index (χ0) is 15.9. The van der Waals surface area contributed by atoms with Gasteiger partial charge >= 0.3 is 6.09 Å². The molecule has 2 aromatic rings. The highest BCUT2D eigenvalue weighted by atomic mass is 19.1. The largest absolute Gasteiger partial charge is 0.449 e. The molecule has 0 heterocycles. The SMILES string of the molecule is CCOC(=O)N(N)c1ccc(CNc2ccc(F)cc2)cc1. The molecule has 0 saturated heterocycles. The van der Waals surface area contributed by atoms with E-state index in [1.807, 2.05) is 12.1 Å². The van der Waals surface area contributed by atoms with Crippen LogP contribution in [0.2, 0.25) is 0 Å². The summed E-state index contributed by atoms with van der Waals surface area (Å²) in [5.41, 5.74) is 2.38. The van der Waals surface area contributed by atoms with E-state index in [0.717, 1.165) is 16.3 Å². The maximum absolute atomic E-state index is 12.8. The van der Waals surface area contributed by atoms with Crippen LogP contribution in [-0.2, 0) is 11.3 Å². The maximum atomic E-state index is 12.8. The average Bonchev–Trinajstić information content (AvgIpc) is 2.54. The van der Waals surface area contributed by atoms with Crippen LogP contribution in [0.3, 0.4) is 0 Å².